The lowest BCUT2D eigenvalue weighted by Crippen LogP contribution is -2.26. The molecule has 2 aromatic rings. The molecule has 7 heteroatoms. The van der Waals surface area contributed by atoms with Gasteiger partial charge in [0.15, 0.2) is 0 Å². The van der Waals surface area contributed by atoms with Gasteiger partial charge in [0.25, 0.3) is 5.91 Å². The summed E-state index contributed by atoms with van der Waals surface area (Å²) in [7, 11) is 0. The van der Waals surface area contributed by atoms with Gasteiger partial charge in [0, 0.05) is 12.3 Å². The highest BCUT2D eigenvalue weighted by Crippen LogP contribution is 2.04. The van der Waals surface area contributed by atoms with E-state index in [1.165, 1.54) is 4.57 Å². The molecule has 0 bridgehead atoms. The summed E-state index contributed by atoms with van der Waals surface area (Å²) in [6.45, 7) is 1.74. The molecule has 0 aromatic carbocycles. The number of hydrogen-bond acceptors (Lipinski definition) is 4. The fourth-order valence-corrected chi connectivity index (χ4v) is 1.67. The second-order valence-corrected chi connectivity index (χ2v) is 4.03. The topological polar surface area (TPSA) is 97.4 Å². The molecule has 2 rings (SSSR count). The van der Waals surface area contributed by atoms with Gasteiger partial charge in [-0.25, -0.2) is 0 Å². The number of carbonyl (C=O) groups is 2. The molecule has 2 N–H and O–H groups in total. The molecule has 2 aromatic heterocycles. The predicted molar refractivity (Wildman–Crippen MR) is 64.5 cm³/mol. The molecule has 0 unspecified atom stereocenters. The van der Waals surface area contributed by atoms with Gasteiger partial charge in [0.05, 0.1) is 6.54 Å². The summed E-state index contributed by atoms with van der Waals surface area (Å²) >= 11 is 0. The average Bonchev–Trinajstić information content (AvgIpc) is 2.94. The molecular weight excluding hydrogens is 250 g/mol. The lowest BCUT2D eigenvalue weighted by atomic mass is 10.3. The lowest BCUT2D eigenvalue weighted by Gasteiger charge is -2.06. The quantitative estimate of drug-likeness (QED) is 0.831. The number of aryl methyl sites for hydroxylation is 1. The fourth-order valence-electron chi connectivity index (χ4n) is 1.67. The minimum atomic E-state index is -1.00. The van der Waals surface area contributed by atoms with E-state index in [2.05, 4.69) is 10.5 Å². The van der Waals surface area contributed by atoms with Gasteiger partial charge in [-0.1, -0.05) is 5.16 Å². The third kappa shape index (κ3) is 3.21. The number of nitrogens with zero attached hydrogens (tertiary/aromatic N) is 2. The van der Waals surface area contributed by atoms with Crippen LogP contribution in [-0.2, 0) is 17.9 Å². The van der Waals surface area contributed by atoms with Crippen molar-refractivity contribution in [2.75, 3.05) is 0 Å². The molecule has 19 heavy (non-hydrogen) atoms. The lowest BCUT2D eigenvalue weighted by molar-refractivity contribution is -0.137. The van der Waals surface area contributed by atoms with Crippen molar-refractivity contribution in [2.45, 2.75) is 20.0 Å². The van der Waals surface area contributed by atoms with Crippen LogP contribution in [0.4, 0.5) is 0 Å². The summed E-state index contributed by atoms with van der Waals surface area (Å²) in [6, 6.07) is 4.90. The van der Waals surface area contributed by atoms with E-state index in [4.69, 9.17) is 9.63 Å². The van der Waals surface area contributed by atoms with E-state index in [1.54, 1.807) is 31.3 Å². The fraction of sp³-hybridized carbons (Fsp3) is 0.250. The number of hydrogen-bond donors (Lipinski definition) is 2. The highest BCUT2D eigenvalue weighted by atomic mass is 16.5. The largest absolute Gasteiger partial charge is 0.480 e. The van der Waals surface area contributed by atoms with Gasteiger partial charge in [0.2, 0.25) is 0 Å². The van der Waals surface area contributed by atoms with Crippen LogP contribution in [0.3, 0.4) is 0 Å². The molecule has 0 saturated carbocycles. The van der Waals surface area contributed by atoms with E-state index < -0.39 is 5.97 Å². The van der Waals surface area contributed by atoms with E-state index in [0.717, 1.165) is 0 Å². The van der Waals surface area contributed by atoms with E-state index in [-0.39, 0.29) is 19.0 Å². The number of nitrogens with one attached hydrogen (secondary N) is 1. The van der Waals surface area contributed by atoms with Crippen molar-refractivity contribution in [2.24, 2.45) is 0 Å². The Morgan fingerprint density at radius 2 is 2.32 bits per heavy atom. The summed E-state index contributed by atoms with van der Waals surface area (Å²) < 4.78 is 6.25. The van der Waals surface area contributed by atoms with Gasteiger partial charge >= 0.3 is 5.97 Å². The number of aliphatic carboxylic acids is 1. The minimum absolute atomic E-state index is 0.231. The van der Waals surface area contributed by atoms with Crippen LogP contribution in [0.2, 0.25) is 0 Å². The maximum absolute atomic E-state index is 11.9. The Kier molecular flexibility index (Phi) is 3.65. The zero-order valence-electron chi connectivity index (χ0n) is 10.3. The second kappa shape index (κ2) is 5.38. The zero-order valence-corrected chi connectivity index (χ0v) is 10.3. The SMILES string of the molecule is Cc1cc(CNC(=O)c2cccn2CC(=O)O)no1. The van der Waals surface area contributed by atoms with Gasteiger partial charge in [-0.05, 0) is 19.1 Å². The molecule has 1 amide bonds. The van der Waals surface area contributed by atoms with Gasteiger partial charge in [-0.3, -0.25) is 9.59 Å². The second-order valence-electron chi connectivity index (χ2n) is 4.03. The number of carbonyl (C=O) groups excluding carboxylic acids is 1. The molecule has 0 spiro atoms. The summed E-state index contributed by atoms with van der Waals surface area (Å²) in [4.78, 5) is 22.6. The van der Waals surface area contributed by atoms with E-state index >= 15 is 0 Å². The Balaban J connectivity index is 2.00. The molecule has 0 atom stereocenters. The average molecular weight is 263 g/mol. The third-order valence-corrected chi connectivity index (χ3v) is 2.47. The Labute approximate surface area is 108 Å². The van der Waals surface area contributed by atoms with E-state index in [0.29, 0.717) is 17.1 Å². The van der Waals surface area contributed by atoms with Crippen LogP contribution in [0, 0.1) is 6.92 Å². The van der Waals surface area contributed by atoms with Crippen molar-refractivity contribution in [1.82, 2.24) is 15.0 Å². The predicted octanol–water partition coefficient (Wildman–Crippen LogP) is 0.799. The summed E-state index contributed by atoms with van der Waals surface area (Å²) in [5.41, 5.74) is 0.907. The van der Waals surface area contributed by atoms with Gasteiger partial charge < -0.3 is 19.5 Å². The first kappa shape index (κ1) is 12.9. The van der Waals surface area contributed by atoms with Crippen LogP contribution < -0.4 is 5.32 Å². The number of amides is 1. The van der Waals surface area contributed by atoms with Crippen molar-refractivity contribution in [3.8, 4) is 0 Å². The minimum Gasteiger partial charge on any atom is -0.480 e. The number of carboxylic acid groups (broad SMARTS) is 1. The Hall–Kier alpha value is -2.57. The van der Waals surface area contributed by atoms with Crippen LogP contribution in [0.1, 0.15) is 21.9 Å². The molecule has 0 fully saturated rings. The monoisotopic (exact) mass is 263 g/mol. The van der Waals surface area contributed by atoms with Crippen LogP contribution in [0.5, 0.6) is 0 Å². The van der Waals surface area contributed by atoms with Crippen molar-refractivity contribution < 1.29 is 19.2 Å². The van der Waals surface area contributed by atoms with E-state index in [1.807, 2.05) is 0 Å². The third-order valence-electron chi connectivity index (χ3n) is 2.47. The van der Waals surface area contributed by atoms with Gasteiger partial charge in [-0.15, -0.1) is 0 Å². The molecular formula is C12H13N3O4. The maximum Gasteiger partial charge on any atom is 0.323 e. The number of rotatable bonds is 5. The van der Waals surface area contributed by atoms with Crippen molar-refractivity contribution in [3.63, 3.8) is 0 Å². The van der Waals surface area contributed by atoms with Gasteiger partial charge in [0.1, 0.15) is 23.7 Å². The summed E-state index contributed by atoms with van der Waals surface area (Å²) in [6.07, 6.45) is 1.54. The van der Waals surface area contributed by atoms with Crippen molar-refractivity contribution >= 4 is 11.9 Å². The molecule has 0 saturated heterocycles. The summed E-state index contributed by atoms with van der Waals surface area (Å²) in [5, 5.41) is 15.1. The Bertz CT molecular complexity index is 600. The first-order valence-corrected chi connectivity index (χ1v) is 5.63. The number of aromatic nitrogens is 2. The van der Waals surface area contributed by atoms with E-state index in [9.17, 15) is 9.59 Å². The highest BCUT2D eigenvalue weighted by Gasteiger charge is 2.12. The molecule has 100 valence electrons. The van der Waals surface area contributed by atoms with Crippen LogP contribution in [0.15, 0.2) is 28.9 Å². The van der Waals surface area contributed by atoms with Gasteiger partial charge in [-0.2, -0.15) is 0 Å². The van der Waals surface area contributed by atoms with Crippen LogP contribution in [-0.4, -0.2) is 26.7 Å². The van der Waals surface area contributed by atoms with Crippen LogP contribution in [0.25, 0.3) is 0 Å². The Morgan fingerprint density at radius 3 is 2.95 bits per heavy atom. The highest BCUT2D eigenvalue weighted by molar-refractivity contribution is 5.93. The first-order chi connectivity index (χ1) is 9.06. The first-order valence-electron chi connectivity index (χ1n) is 5.63. The molecule has 0 aliphatic heterocycles. The standard InChI is InChI=1S/C12H13N3O4/c1-8-5-9(14-19-8)6-13-12(18)10-3-2-4-15(10)7-11(16)17/h2-5H,6-7H2,1H3,(H,13,18)(H,16,17). The molecule has 0 aliphatic carbocycles. The normalized spacial score (nSPS) is 10.4. The molecule has 2 heterocycles. The smallest absolute Gasteiger partial charge is 0.323 e. The van der Waals surface area contributed by atoms with Crippen molar-refractivity contribution in [3.05, 3.63) is 41.5 Å². The number of carboxylic acids is 1. The summed E-state index contributed by atoms with van der Waals surface area (Å²) in [5.74, 6) is -0.692. The molecule has 7 nitrogen and oxygen atoms in total. The Morgan fingerprint density at radius 1 is 1.53 bits per heavy atom. The zero-order chi connectivity index (χ0) is 13.8. The van der Waals surface area contributed by atoms with Crippen LogP contribution >= 0.6 is 0 Å². The molecule has 0 radical (unpaired) electrons. The van der Waals surface area contributed by atoms with Crippen molar-refractivity contribution in [1.29, 1.82) is 0 Å². The molecule has 0 aliphatic rings. The maximum atomic E-state index is 11.9.